The van der Waals surface area contributed by atoms with E-state index in [4.69, 9.17) is 4.74 Å². The second kappa shape index (κ2) is 6.65. The summed E-state index contributed by atoms with van der Waals surface area (Å²) in [5, 5.41) is 0. The lowest BCUT2D eigenvalue weighted by Gasteiger charge is -2.34. The number of nitrogens with one attached hydrogen (secondary N) is 1. The number of amides is 1. The van der Waals surface area contributed by atoms with Gasteiger partial charge in [0.1, 0.15) is 6.61 Å². The molecule has 1 saturated heterocycles. The van der Waals surface area contributed by atoms with Crippen LogP contribution in [0.5, 0.6) is 0 Å². The first kappa shape index (κ1) is 16.4. The van der Waals surface area contributed by atoms with Crippen LogP contribution in [0.4, 0.5) is 0 Å². The fourth-order valence-electron chi connectivity index (χ4n) is 1.75. The molecule has 0 radical (unpaired) electrons. The third-order valence-electron chi connectivity index (χ3n) is 2.78. The number of nitrogens with zero attached hydrogens (tertiary/aromatic N) is 2. The lowest BCUT2D eigenvalue weighted by molar-refractivity contribution is -0.149. The highest BCUT2D eigenvalue weighted by molar-refractivity contribution is 7.87. The molecule has 1 aliphatic rings. The summed E-state index contributed by atoms with van der Waals surface area (Å²) in [7, 11) is -0.538. The summed E-state index contributed by atoms with van der Waals surface area (Å²) in [4.78, 5) is 13.4. The van der Waals surface area contributed by atoms with Crippen molar-refractivity contribution < 1.29 is 17.9 Å². The molecule has 1 aliphatic heterocycles. The zero-order valence-electron chi connectivity index (χ0n) is 11.9. The third-order valence-corrected chi connectivity index (χ3v) is 4.27. The molecule has 0 aliphatic carbocycles. The summed E-state index contributed by atoms with van der Waals surface area (Å²) in [5.74, 6) is 0.335. The minimum Gasteiger partial charge on any atom is -0.365 e. The fraction of sp³-hybridized carbons (Fsp3) is 0.909. The Kier molecular flexibility index (Phi) is 5.72. The number of morpholine rings is 1. The second-order valence-corrected chi connectivity index (χ2v) is 7.23. The van der Waals surface area contributed by atoms with Crippen molar-refractivity contribution in [3.8, 4) is 0 Å². The average Bonchev–Trinajstić information content (AvgIpc) is 2.29. The summed E-state index contributed by atoms with van der Waals surface area (Å²) in [5.41, 5.74) is 0. The molecular formula is C11H23N3O4S. The Balaban J connectivity index is 2.50. The normalized spacial score (nSPS) is 21.5. The third kappa shape index (κ3) is 5.06. The highest BCUT2D eigenvalue weighted by Crippen LogP contribution is 2.09. The second-order valence-electron chi connectivity index (χ2n) is 5.26. The Morgan fingerprint density at radius 2 is 2.11 bits per heavy atom. The van der Waals surface area contributed by atoms with Crippen LogP contribution >= 0.6 is 0 Å². The van der Waals surface area contributed by atoms with E-state index in [1.54, 1.807) is 4.90 Å². The van der Waals surface area contributed by atoms with E-state index in [9.17, 15) is 13.2 Å². The SMILES string of the molecule is CC(C)CN1CC(CNS(=O)(=O)N(C)C)OCC1=O. The number of rotatable bonds is 6. The summed E-state index contributed by atoms with van der Waals surface area (Å²) in [6.07, 6.45) is -0.300. The average molecular weight is 293 g/mol. The number of ether oxygens (including phenoxy) is 1. The first-order valence-corrected chi connectivity index (χ1v) is 7.73. The molecule has 1 amide bonds. The molecule has 19 heavy (non-hydrogen) atoms. The van der Waals surface area contributed by atoms with Crippen LogP contribution in [0.15, 0.2) is 0 Å². The predicted octanol–water partition coefficient (Wildman–Crippen LogP) is -0.734. The Morgan fingerprint density at radius 3 is 2.63 bits per heavy atom. The van der Waals surface area contributed by atoms with Crippen LogP contribution in [0.2, 0.25) is 0 Å². The Labute approximate surface area is 115 Å². The van der Waals surface area contributed by atoms with E-state index in [2.05, 4.69) is 4.72 Å². The molecule has 7 nitrogen and oxygen atoms in total. The molecule has 0 aromatic carbocycles. The van der Waals surface area contributed by atoms with Crippen molar-refractivity contribution in [2.45, 2.75) is 20.0 Å². The molecule has 0 aromatic heterocycles. The molecule has 0 spiro atoms. The lowest BCUT2D eigenvalue weighted by Crippen LogP contribution is -2.52. The van der Waals surface area contributed by atoms with E-state index < -0.39 is 10.2 Å². The maximum atomic E-state index is 11.6. The Morgan fingerprint density at radius 1 is 1.47 bits per heavy atom. The molecule has 112 valence electrons. The van der Waals surface area contributed by atoms with E-state index in [0.717, 1.165) is 4.31 Å². The Bertz CT molecular complexity index is 408. The van der Waals surface area contributed by atoms with Crippen molar-refractivity contribution >= 4 is 16.1 Å². The zero-order valence-corrected chi connectivity index (χ0v) is 12.7. The van der Waals surface area contributed by atoms with Gasteiger partial charge in [0.15, 0.2) is 0 Å². The summed E-state index contributed by atoms with van der Waals surface area (Å²) in [6.45, 7) is 5.34. The standard InChI is InChI=1S/C11H23N3O4S/c1-9(2)6-14-7-10(18-8-11(14)15)5-12-19(16,17)13(3)4/h9-10,12H,5-8H2,1-4H3. The van der Waals surface area contributed by atoms with E-state index in [1.165, 1.54) is 14.1 Å². The van der Waals surface area contributed by atoms with Crippen LogP contribution in [0.25, 0.3) is 0 Å². The van der Waals surface area contributed by atoms with Gasteiger partial charge in [0.2, 0.25) is 5.91 Å². The van der Waals surface area contributed by atoms with Crippen molar-refractivity contribution in [1.29, 1.82) is 0 Å². The van der Waals surface area contributed by atoms with Gasteiger partial charge < -0.3 is 9.64 Å². The summed E-state index contributed by atoms with van der Waals surface area (Å²) in [6, 6.07) is 0. The number of hydrogen-bond acceptors (Lipinski definition) is 4. The maximum absolute atomic E-state index is 11.6. The molecular weight excluding hydrogens is 270 g/mol. The number of carbonyl (C=O) groups excluding carboxylic acids is 1. The van der Waals surface area contributed by atoms with Gasteiger partial charge in [-0.15, -0.1) is 0 Å². The topological polar surface area (TPSA) is 79.0 Å². The fourth-order valence-corrected chi connectivity index (χ4v) is 2.40. The zero-order chi connectivity index (χ0) is 14.6. The van der Waals surface area contributed by atoms with Gasteiger partial charge in [0.05, 0.1) is 6.10 Å². The first-order chi connectivity index (χ1) is 8.72. The van der Waals surface area contributed by atoms with Crippen LogP contribution < -0.4 is 4.72 Å². The van der Waals surface area contributed by atoms with Crippen molar-refractivity contribution in [2.75, 3.05) is 40.3 Å². The minimum atomic E-state index is -3.45. The monoisotopic (exact) mass is 293 g/mol. The van der Waals surface area contributed by atoms with E-state index >= 15 is 0 Å². The molecule has 1 unspecified atom stereocenters. The largest absolute Gasteiger partial charge is 0.365 e. The molecule has 8 heteroatoms. The molecule has 1 fully saturated rings. The highest BCUT2D eigenvalue weighted by Gasteiger charge is 2.27. The van der Waals surface area contributed by atoms with Crippen molar-refractivity contribution in [3.05, 3.63) is 0 Å². The first-order valence-electron chi connectivity index (χ1n) is 6.29. The van der Waals surface area contributed by atoms with E-state index in [0.29, 0.717) is 19.0 Å². The van der Waals surface area contributed by atoms with Crippen LogP contribution in [0, 0.1) is 5.92 Å². The molecule has 1 atom stereocenters. The van der Waals surface area contributed by atoms with Gasteiger partial charge in [-0.25, -0.2) is 0 Å². The van der Waals surface area contributed by atoms with Gasteiger partial charge in [0, 0.05) is 33.7 Å². The predicted molar refractivity (Wildman–Crippen MR) is 71.8 cm³/mol. The van der Waals surface area contributed by atoms with Crippen LogP contribution in [0.1, 0.15) is 13.8 Å². The van der Waals surface area contributed by atoms with Gasteiger partial charge >= 0.3 is 0 Å². The smallest absolute Gasteiger partial charge is 0.279 e. The molecule has 1 rings (SSSR count). The molecule has 0 bridgehead atoms. The van der Waals surface area contributed by atoms with Crippen molar-refractivity contribution in [2.24, 2.45) is 5.92 Å². The maximum Gasteiger partial charge on any atom is 0.279 e. The van der Waals surface area contributed by atoms with Crippen LogP contribution in [-0.4, -0.2) is 70.0 Å². The van der Waals surface area contributed by atoms with Gasteiger partial charge in [-0.2, -0.15) is 17.4 Å². The van der Waals surface area contributed by atoms with Gasteiger partial charge in [-0.1, -0.05) is 13.8 Å². The summed E-state index contributed by atoms with van der Waals surface area (Å²) >= 11 is 0. The van der Waals surface area contributed by atoms with E-state index in [1.807, 2.05) is 13.8 Å². The lowest BCUT2D eigenvalue weighted by atomic mass is 10.2. The summed E-state index contributed by atoms with van der Waals surface area (Å²) < 4.78 is 32.0. The molecule has 0 aromatic rings. The number of carbonyl (C=O) groups is 1. The Hall–Kier alpha value is -0.700. The van der Waals surface area contributed by atoms with Gasteiger partial charge in [-0.3, -0.25) is 4.79 Å². The van der Waals surface area contributed by atoms with Crippen LogP contribution in [0.3, 0.4) is 0 Å². The van der Waals surface area contributed by atoms with Crippen molar-refractivity contribution in [3.63, 3.8) is 0 Å². The van der Waals surface area contributed by atoms with Crippen LogP contribution in [-0.2, 0) is 19.7 Å². The quantitative estimate of drug-likeness (QED) is 0.700. The van der Waals surface area contributed by atoms with E-state index in [-0.39, 0.29) is 25.2 Å². The van der Waals surface area contributed by atoms with Crippen molar-refractivity contribution in [1.82, 2.24) is 13.9 Å². The highest BCUT2D eigenvalue weighted by atomic mass is 32.2. The molecule has 1 N–H and O–H groups in total. The molecule has 1 heterocycles. The minimum absolute atomic E-state index is 0.0150. The van der Waals surface area contributed by atoms with Gasteiger partial charge in [-0.05, 0) is 5.92 Å². The number of hydrogen-bond donors (Lipinski definition) is 1. The van der Waals surface area contributed by atoms with Gasteiger partial charge in [0.25, 0.3) is 10.2 Å². The molecule has 0 saturated carbocycles.